The molecule has 11 nitrogen and oxygen atoms in total. The van der Waals surface area contributed by atoms with E-state index in [1.807, 2.05) is 0 Å². The summed E-state index contributed by atoms with van der Waals surface area (Å²) in [5.41, 5.74) is 0.541. The third-order valence-corrected chi connectivity index (χ3v) is 5.82. The van der Waals surface area contributed by atoms with Crippen LogP contribution in [0, 0.1) is 11.7 Å². The van der Waals surface area contributed by atoms with Crippen LogP contribution in [0.2, 0.25) is 0 Å². The first-order valence-corrected chi connectivity index (χ1v) is 10.4. The van der Waals surface area contributed by atoms with Crippen molar-refractivity contribution >= 4 is 43.5 Å². The Morgan fingerprint density at radius 3 is 2.93 bits per heavy atom. The molecule has 1 unspecified atom stereocenters. The quantitative estimate of drug-likeness (QED) is 0.208. The lowest BCUT2D eigenvalue weighted by Gasteiger charge is -2.13. The van der Waals surface area contributed by atoms with Crippen LogP contribution in [-0.2, 0) is 10.2 Å². The van der Waals surface area contributed by atoms with Crippen LogP contribution in [0.4, 0.5) is 15.9 Å². The minimum Gasteiger partial charge on any atom is -0.409 e. The van der Waals surface area contributed by atoms with Gasteiger partial charge >= 0.3 is 0 Å². The van der Waals surface area contributed by atoms with E-state index in [-0.39, 0.29) is 34.3 Å². The number of nitrogens with one attached hydrogen (secondary N) is 2. The van der Waals surface area contributed by atoms with Gasteiger partial charge in [-0.05, 0) is 56.8 Å². The molecule has 1 aromatic carbocycles. The Labute approximate surface area is 168 Å². The van der Waals surface area contributed by atoms with Crippen molar-refractivity contribution in [2.45, 2.75) is 6.42 Å². The number of nitrogens with two attached hydrogens (primary N) is 1. The van der Waals surface area contributed by atoms with Gasteiger partial charge in [0.1, 0.15) is 5.82 Å². The van der Waals surface area contributed by atoms with Crippen LogP contribution in [0.25, 0.3) is 0 Å². The average Bonchev–Trinajstić information content (AvgIpc) is 3.29. The normalized spacial score (nSPS) is 18.4. The van der Waals surface area contributed by atoms with Crippen molar-refractivity contribution in [1.29, 1.82) is 0 Å². The van der Waals surface area contributed by atoms with Crippen LogP contribution in [0.1, 0.15) is 12.1 Å². The van der Waals surface area contributed by atoms with Crippen LogP contribution < -0.4 is 15.8 Å². The monoisotopic (exact) mass is 477 g/mol. The Bertz CT molecular complexity index is 984. The highest BCUT2D eigenvalue weighted by molar-refractivity contribution is 9.10. The number of hydrogen-bond acceptors (Lipinski definition) is 8. The van der Waals surface area contributed by atoms with Gasteiger partial charge in [-0.15, -0.1) is 0 Å². The number of benzene rings is 1. The number of nitrogens with zero attached hydrogens (tertiary/aromatic N) is 4. The Morgan fingerprint density at radius 2 is 2.29 bits per heavy atom. The van der Waals surface area contributed by atoms with Gasteiger partial charge in [0.05, 0.1) is 4.47 Å². The second kappa shape index (κ2) is 8.38. The second-order valence-electron chi connectivity index (χ2n) is 6.10. The maximum atomic E-state index is 13.4. The molecule has 2 aromatic rings. The summed E-state index contributed by atoms with van der Waals surface area (Å²) in [5.74, 6) is -0.294. The summed E-state index contributed by atoms with van der Waals surface area (Å²) in [6.45, 7) is 1.02. The van der Waals surface area contributed by atoms with Crippen LogP contribution in [-0.4, -0.2) is 53.7 Å². The predicted octanol–water partition coefficient (Wildman–Crippen LogP) is 1.16. The summed E-state index contributed by atoms with van der Waals surface area (Å²) in [7, 11) is -3.71. The fourth-order valence-corrected chi connectivity index (χ4v) is 3.90. The van der Waals surface area contributed by atoms with Crippen molar-refractivity contribution in [3.05, 3.63) is 34.2 Å². The van der Waals surface area contributed by atoms with Crippen LogP contribution in [0.5, 0.6) is 0 Å². The fourth-order valence-electron chi connectivity index (χ4n) is 2.74. The van der Waals surface area contributed by atoms with E-state index < -0.39 is 16.0 Å². The van der Waals surface area contributed by atoms with Gasteiger partial charge in [0, 0.05) is 25.3 Å². The highest BCUT2D eigenvalue weighted by atomic mass is 79.9. The first kappa shape index (κ1) is 20.4. The average molecular weight is 478 g/mol. The lowest BCUT2D eigenvalue weighted by atomic mass is 10.1. The molecular weight excluding hydrogens is 461 g/mol. The number of hydrogen-bond donors (Lipinski definition) is 4. The highest BCUT2D eigenvalue weighted by Gasteiger charge is 2.29. The predicted molar refractivity (Wildman–Crippen MR) is 102 cm³/mol. The summed E-state index contributed by atoms with van der Waals surface area (Å²) in [6, 6.07) is 4.15. The Balaban J connectivity index is 1.66. The summed E-state index contributed by atoms with van der Waals surface area (Å²) in [6.07, 6.45) is 0.632. The number of rotatable bonds is 6. The molecule has 1 aromatic heterocycles. The minimum absolute atomic E-state index is 0.0124. The number of halogens is 2. The standard InChI is InChI=1S/C14H17BrFN7O4S/c15-10-5-9(1-2-11(10)16)19-14(20-24)12-13(22-27-21-12)18-6-8-3-4-23(7-8)28(17,25)26/h1-2,5,8,24H,3-4,6-7H2,(H,18,22)(H,19,20)(H2,17,25,26). The number of aromatic nitrogens is 2. The molecule has 152 valence electrons. The van der Waals surface area contributed by atoms with Crippen molar-refractivity contribution in [3.63, 3.8) is 0 Å². The second-order valence-corrected chi connectivity index (χ2v) is 8.50. The third kappa shape index (κ3) is 4.76. The molecule has 1 saturated heterocycles. The van der Waals surface area contributed by atoms with Gasteiger partial charge in [0.2, 0.25) is 11.7 Å². The van der Waals surface area contributed by atoms with Crippen LogP contribution in [0.3, 0.4) is 0 Å². The number of amidine groups is 1. The van der Waals surface area contributed by atoms with E-state index in [1.165, 1.54) is 22.5 Å². The fraction of sp³-hybridized carbons (Fsp3) is 0.357. The van der Waals surface area contributed by atoms with E-state index >= 15 is 0 Å². The lowest BCUT2D eigenvalue weighted by Crippen LogP contribution is -2.35. The largest absolute Gasteiger partial charge is 0.409 e. The first-order valence-electron chi connectivity index (χ1n) is 8.06. The van der Waals surface area contributed by atoms with E-state index in [4.69, 9.17) is 9.77 Å². The molecule has 5 N–H and O–H groups in total. The maximum Gasteiger partial charge on any atom is 0.276 e. The van der Waals surface area contributed by atoms with Crippen LogP contribution in [0.15, 0.2) is 32.5 Å². The molecule has 0 radical (unpaired) electrons. The molecule has 0 amide bonds. The molecule has 1 aliphatic heterocycles. The molecule has 0 bridgehead atoms. The molecule has 14 heteroatoms. The van der Waals surface area contributed by atoms with Gasteiger partial charge in [-0.2, -0.15) is 12.7 Å². The van der Waals surface area contributed by atoms with E-state index in [2.05, 4.69) is 42.0 Å². The highest BCUT2D eigenvalue weighted by Crippen LogP contribution is 2.22. The van der Waals surface area contributed by atoms with Gasteiger partial charge in [0.25, 0.3) is 10.2 Å². The van der Waals surface area contributed by atoms with Crippen molar-refractivity contribution < 1.29 is 22.6 Å². The van der Waals surface area contributed by atoms with Crippen LogP contribution >= 0.6 is 15.9 Å². The van der Waals surface area contributed by atoms with Crippen molar-refractivity contribution in [3.8, 4) is 0 Å². The van der Waals surface area contributed by atoms with Gasteiger partial charge in [-0.3, -0.25) is 0 Å². The number of oxime groups is 1. The van der Waals surface area contributed by atoms with Gasteiger partial charge in [-0.1, -0.05) is 5.16 Å². The molecule has 0 spiro atoms. The van der Waals surface area contributed by atoms with Crippen molar-refractivity contribution in [2.24, 2.45) is 16.2 Å². The molecule has 0 aliphatic carbocycles. The summed E-state index contributed by atoms with van der Waals surface area (Å²) in [5, 5.41) is 30.8. The zero-order valence-electron chi connectivity index (χ0n) is 14.3. The number of anilines is 2. The van der Waals surface area contributed by atoms with Gasteiger partial charge < -0.3 is 15.8 Å². The smallest absolute Gasteiger partial charge is 0.276 e. The SMILES string of the molecule is NS(=O)(=O)N1CCC(CNc2nonc2/C(=N/O)Nc2ccc(F)c(Br)c2)C1. The van der Waals surface area contributed by atoms with Gasteiger partial charge in [-0.25, -0.2) is 14.2 Å². The van der Waals surface area contributed by atoms with E-state index in [0.717, 1.165) is 0 Å². The molecule has 28 heavy (non-hydrogen) atoms. The summed E-state index contributed by atoms with van der Waals surface area (Å²) >= 11 is 3.07. The molecule has 1 atom stereocenters. The molecule has 3 rings (SSSR count). The first-order chi connectivity index (χ1) is 13.3. The zero-order valence-corrected chi connectivity index (χ0v) is 16.7. The Morgan fingerprint density at radius 1 is 1.50 bits per heavy atom. The molecule has 0 saturated carbocycles. The van der Waals surface area contributed by atoms with E-state index in [1.54, 1.807) is 0 Å². The van der Waals surface area contributed by atoms with Crippen molar-refractivity contribution in [1.82, 2.24) is 14.6 Å². The molecule has 2 heterocycles. The van der Waals surface area contributed by atoms with Gasteiger partial charge in [0.15, 0.2) is 5.69 Å². The Kier molecular flexibility index (Phi) is 6.12. The molecule has 1 fully saturated rings. The Hall–Kier alpha value is -2.29. The summed E-state index contributed by atoms with van der Waals surface area (Å²) < 4.78 is 42.3. The molecular formula is C14H17BrFN7O4S. The van der Waals surface area contributed by atoms with E-state index in [0.29, 0.717) is 25.2 Å². The third-order valence-electron chi connectivity index (χ3n) is 4.16. The summed E-state index contributed by atoms with van der Waals surface area (Å²) in [4.78, 5) is 0. The topological polar surface area (TPSA) is 159 Å². The zero-order chi connectivity index (χ0) is 20.3. The van der Waals surface area contributed by atoms with E-state index in [9.17, 15) is 18.0 Å². The lowest BCUT2D eigenvalue weighted by molar-refractivity contribution is 0.305. The molecule has 1 aliphatic rings. The van der Waals surface area contributed by atoms with Crippen molar-refractivity contribution in [2.75, 3.05) is 30.3 Å². The maximum absolute atomic E-state index is 13.4. The minimum atomic E-state index is -3.71.